The molecule has 2 rings (SSSR count). The first-order valence-corrected chi connectivity index (χ1v) is 10.3. The Balaban J connectivity index is 2.20. The third kappa shape index (κ3) is 6.66. The van der Waals surface area contributed by atoms with Gasteiger partial charge in [-0.1, -0.05) is 44.2 Å². The van der Waals surface area contributed by atoms with Gasteiger partial charge in [0, 0.05) is 10.6 Å². The van der Waals surface area contributed by atoms with Crippen molar-refractivity contribution in [1.29, 1.82) is 0 Å². The number of carbonyl (C=O) groups is 1. The Labute approximate surface area is 181 Å². The van der Waals surface area contributed by atoms with Crippen molar-refractivity contribution in [3.8, 4) is 0 Å². The summed E-state index contributed by atoms with van der Waals surface area (Å²) >= 11 is 0.777. The van der Waals surface area contributed by atoms with E-state index in [1.807, 2.05) is 44.2 Å². The summed E-state index contributed by atoms with van der Waals surface area (Å²) in [5.41, 5.74) is -3.65. The van der Waals surface area contributed by atoms with Crippen LogP contribution in [0.3, 0.4) is 0 Å². The Morgan fingerprint density at radius 1 is 0.806 bits per heavy atom. The van der Waals surface area contributed by atoms with E-state index in [1.165, 1.54) is 0 Å². The average molecular weight is 463 g/mol. The van der Waals surface area contributed by atoms with Gasteiger partial charge in [-0.15, -0.1) is 11.8 Å². The van der Waals surface area contributed by atoms with Crippen LogP contribution in [-0.4, -0.2) is 11.7 Å². The van der Waals surface area contributed by atoms with Gasteiger partial charge in [-0.2, -0.15) is 26.3 Å². The van der Waals surface area contributed by atoms with E-state index < -0.39 is 34.4 Å². The van der Waals surface area contributed by atoms with Crippen LogP contribution >= 0.6 is 11.8 Å². The summed E-state index contributed by atoms with van der Waals surface area (Å²) in [4.78, 5) is 12.6. The van der Waals surface area contributed by atoms with Crippen LogP contribution < -0.4 is 5.32 Å². The van der Waals surface area contributed by atoms with Gasteiger partial charge in [0.05, 0.1) is 22.1 Å². The summed E-state index contributed by atoms with van der Waals surface area (Å²) in [5.74, 6) is -0.376. The summed E-state index contributed by atoms with van der Waals surface area (Å²) in [7, 11) is 0. The van der Waals surface area contributed by atoms with Crippen LogP contribution in [0.15, 0.2) is 53.4 Å². The Morgan fingerprint density at radius 2 is 1.29 bits per heavy atom. The van der Waals surface area contributed by atoms with Crippen molar-refractivity contribution in [3.63, 3.8) is 0 Å². The van der Waals surface area contributed by atoms with Crippen LogP contribution in [-0.2, 0) is 22.7 Å². The van der Waals surface area contributed by atoms with Gasteiger partial charge in [0.25, 0.3) is 0 Å². The zero-order valence-corrected chi connectivity index (χ0v) is 18.2. The quantitative estimate of drug-likeness (QED) is 0.373. The molecule has 0 atom stereocenters. The lowest BCUT2D eigenvalue weighted by atomic mass is 9.89. The fourth-order valence-electron chi connectivity index (χ4n) is 2.72. The average Bonchev–Trinajstić information content (AvgIpc) is 2.65. The Bertz CT molecular complexity index is 888. The molecular formula is C22H23F6NOS. The number of carbonyl (C=O) groups excluding carboxylic acids is 1. The summed E-state index contributed by atoms with van der Waals surface area (Å²) in [6.07, 6.45) is -9.83. The first-order chi connectivity index (χ1) is 14.0. The van der Waals surface area contributed by atoms with E-state index in [0.717, 1.165) is 17.3 Å². The lowest BCUT2D eigenvalue weighted by Crippen LogP contribution is -2.47. The molecule has 0 aliphatic carbocycles. The fourth-order valence-corrected chi connectivity index (χ4v) is 3.80. The lowest BCUT2D eigenvalue weighted by molar-refractivity contribution is -0.143. The predicted octanol–water partition coefficient (Wildman–Crippen LogP) is 6.89. The van der Waals surface area contributed by atoms with Gasteiger partial charge in [-0.25, -0.2) is 0 Å². The molecule has 0 saturated carbocycles. The largest absolute Gasteiger partial charge is 0.416 e. The number of hydrogen-bond donors (Lipinski definition) is 1. The number of alkyl halides is 6. The third-order valence-electron chi connectivity index (χ3n) is 4.70. The van der Waals surface area contributed by atoms with Gasteiger partial charge in [-0.3, -0.25) is 4.79 Å². The van der Waals surface area contributed by atoms with Crippen molar-refractivity contribution in [2.75, 3.05) is 5.75 Å². The van der Waals surface area contributed by atoms with E-state index in [2.05, 4.69) is 5.32 Å². The molecule has 2 aromatic rings. The van der Waals surface area contributed by atoms with Crippen molar-refractivity contribution in [2.24, 2.45) is 5.41 Å². The third-order valence-corrected chi connectivity index (χ3v) is 6.13. The molecule has 0 fully saturated rings. The van der Waals surface area contributed by atoms with E-state index in [-0.39, 0.29) is 22.6 Å². The molecule has 0 spiro atoms. The van der Waals surface area contributed by atoms with Crippen molar-refractivity contribution in [2.45, 2.75) is 50.5 Å². The molecular weight excluding hydrogens is 440 g/mol. The van der Waals surface area contributed by atoms with Crippen LogP contribution in [0.2, 0.25) is 0 Å². The number of amides is 1. The smallest absolute Gasteiger partial charge is 0.347 e. The molecule has 0 unspecified atom stereocenters. The Morgan fingerprint density at radius 3 is 1.74 bits per heavy atom. The maximum atomic E-state index is 13.0. The molecule has 1 N–H and O–H groups in total. The first kappa shape index (κ1) is 25.1. The van der Waals surface area contributed by atoms with Gasteiger partial charge in [-0.05, 0) is 37.6 Å². The number of halogens is 6. The van der Waals surface area contributed by atoms with Crippen molar-refractivity contribution < 1.29 is 31.1 Å². The van der Waals surface area contributed by atoms with Crippen LogP contribution in [0.4, 0.5) is 26.3 Å². The van der Waals surface area contributed by atoms with Gasteiger partial charge < -0.3 is 5.32 Å². The second-order valence-electron chi connectivity index (χ2n) is 8.36. The fraction of sp³-hybridized carbons (Fsp3) is 0.409. The van der Waals surface area contributed by atoms with E-state index in [0.29, 0.717) is 12.1 Å². The van der Waals surface area contributed by atoms with Gasteiger partial charge in [0.15, 0.2) is 0 Å². The van der Waals surface area contributed by atoms with Gasteiger partial charge in [0.1, 0.15) is 0 Å². The highest BCUT2D eigenvalue weighted by molar-refractivity contribution is 7.99. The lowest BCUT2D eigenvalue weighted by Gasteiger charge is -2.32. The summed E-state index contributed by atoms with van der Waals surface area (Å²) in [6, 6.07) is 10.6. The minimum atomic E-state index is -4.91. The Hall–Kier alpha value is -2.16. The van der Waals surface area contributed by atoms with E-state index >= 15 is 0 Å². The Kier molecular flexibility index (Phi) is 7.10. The molecule has 0 saturated heterocycles. The molecule has 0 heterocycles. The number of thioether (sulfide) groups is 1. The summed E-state index contributed by atoms with van der Waals surface area (Å²) in [6.45, 7) is 6.81. The summed E-state index contributed by atoms with van der Waals surface area (Å²) < 4.78 is 78.3. The molecule has 0 aliphatic rings. The number of rotatable bonds is 6. The number of hydrogen-bond acceptors (Lipinski definition) is 2. The van der Waals surface area contributed by atoms with Crippen LogP contribution in [0.5, 0.6) is 0 Å². The highest BCUT2D eigenvalue weighted by atomic mass is 32.2. The normalized spacial score (nSPS) is 13.2. The zero-order valence-electron chi connectivity index (χ0n) is 17.4. The van der Waals surface area contributed by atoms with Crippen LogP contribution in [0.25, 0.3) is 0 Å². The van der Waals surface area contributed by atoms with E-state index in [4.69, 9.17) is 0 Å². The molecule has 0 aliphatic heterocycles. The molecule has 170 valence electrons. The minimum Gasteiger partial charge on any atom is -0.347 e. The monoisotopic (exact) mass is 463 g/mol. The number of nitrogens with one attached hydrogen (secondary N) is 1. The highest BCUT2D eigenvalue weighted by Gasteiger charge is 2.38. The first-order valence-electron chi connectivity index (χ1n) is 9.33. The standard InChI is InChI=1S/C22H23F6NOS/c1-19(2,18(30)29-20(3,4)14-8-6-5-7-9-14)13-31-17-11-15(21(23,24)25)10-16(12-17)22(26,27)28/h5-12H,13H2,1-4H3,(H,29,30). The molecule has 0 aromatic heterocycles. The van der Waals surface area contributed by atoms with Gasteiger partial charge in [0.2, 0.25) is 5.91 Å². The second kappa shape index (κ2) is 8.76. The van der Waals surface area contributed by atoms with Crippen molar-refractivity contribution in [3.05, 3.63) is 65.2 Å². The maximum absolute atomic E-state index is 13.0. The molecule has 31 heavy (non-hydrogen) atoms. The molecule has 1 amide bonds. The second-order valence-corrected chi connectivity index (χ2v) is 9.41. The molecule has 9 heteroatoms. The molecule has 2 aromatic carbocycles. The van der Waals surface area contributed by atoms with E-state index in [9.17, 15) is 31.1 Å². The van der Waals surface area contributed by atoms with E-state index in [1.54, 1.807) is 13.8 Å². The highest BCUT2D eigenvalue weighted by Crippen LogP contribution is 2.39. The van der Waals surface area contributed by atoms with Gasteiger partial charge >= 0.3 is 12.4 Å². The van der Waals surface area contributed by atoms with Crippen LogP contribution in [0.1, 0.15) is 44.4 Å². The minimum absolute atomic E-state index is 0.0116. The molecule has 0 bridgehead atoms. The van der Waals surface area contributed by atoms with Crippen molar-refractivity contribution in [1.82, 2.24) is 5.32 Å². The predicted molar refractivity (Wildman–Crippen MR) is 109 cm³/mol. The molecule has 0 radical (unpaired) electrons. The van der Waals surface area contributed by atoms with Crippen LogP contribution in [0, 0.1) is 5.41 Å². The summed E-state index contributed by atoms with van der Waals surface area (Å²) in [5, 5.41) is 2.91. The SMILES string of the molecule is CC(C)(CSc1cc(C(F)(F)F)cc(C(F)(F)F)c1)C(=O)NC(C)(C)c1ccccc1. The van der Waals surface area contributed by atoms with Crippen molar-refractivity contribution >= 4 is 17.7 Å². The molecule has 2 nitrogen and oxygen atoms in total. The maximum Gasteiger partial charge on any atom is 0.416 e. The zero-order chi connectivity index (χ0) is 23.7. The topological polar surface area (TPSA) is 29.1 Å². The number of benzene rings is 2.